The van der Waals surface area contributed by atoms with Crippen LogP contribution >= 0.6 is 12.2 Å². The Bertz CT molecular complexity index is 349. The van der Waals surface area contributed by atoms with E-state index in [1.807, 2.05) is 29.2 Å². The molecule has 1 aromatic carbocycles. The second-order valence-corrected chi connectivity index (χ2v) is 3.10. The van der Waals surface area contributed by atoms with E-state index in [1.165, 1.54) is 0 Å². The maximum atomic E-state index is 4.93. The van der Waals surface area contributed by atoms with Crippen molar-refractivity contribution >= 4 is 29.0 Å². The van der Waals surface area contributed by atoms with Crippen molar-refractivity contribution < 1.29 is 0 Å². The standard InChI is InChI=1S/C10H10N2S/c1-2-12-9-6-4-3-5-8(9)11-10(12)7-13/h2-7,10-11H,1H2. The topological polar surface area (TPSA) is 15.3 Å². The zero-order chi connectivity index (χ0) is 9.26. The quantitative estimate of drug-likeness (QED) is 0.721. The summed E-state index contributed by atoms with van der Waals surface area (Å²) in [4.78, 5) is 2.02. The molecule has 3 heteroatoms. The van der Waals surface area contributed by atoms with Gasteiger partial charge < -0.3 is 10.2 Å². The molecular weight excluding hydrogens is 180 g/mol. The molecule has 0 bridgehead atoms. The first-order valence-electron chi connectivity index (χ1n) is 4.08. The van der Waals surface area contributed by atoms with Crippen LogP contribution in [0.5, 0.6) is 0 Å². The summed E-state index contributed by atoms with van der Waals surface area (Å²) in [5, 5.41) is 4.98. The van der Waals surface area contributed by atoms with Crippen molar-refractivity contribution in [3.8, 4) is 0 Å². The molecular formula is C10H10N2S. The van der Waals surface area contributed by atoms with Gasteiger partial charge >= 0.3 is 0 Å². The summed E-state index contributed by atoms with van der Waals surface area (Å²) in [7, 11) is 0. The van der Waals surface area contributed by atoms with Crippen molar-refractivity contribution in [2.24, 2.45) is 0 Å². The van der Waals surface area contributed by atoms with E-state index >= 15 is 0 Å². The first-order chi connectivity index (χ1) is 6.36. The van der Waals surface area contributed by atoms with Gasteiger partial charge in [0.25, 0.3) is 0 Å². The first-order valence-corrected chi connectivity index (χ1v) is 4.55. The van der Waals surface area contributed by atoms with Crippen molar-refractivity contribution in [1.29, 1.82) is 0 Å². The Hall–Kier alpha value is -1.35. The molecule has 0 saturated heterocycles. The molecule has 1 aliphatic heterocycles. The van der Waals surface area contributed by atoms with Crippen LogP contribution in [0.3, 0.4) is 0 Å². The highest BCUT2D eigenvalue weighted by atomic mass is 32.1. The number of benzene rings is 1. The third-order valence-electron chi connectivity index (χ3n) is 2.11. The van der Waals surface area contributed by atoms with E-state index in [1.54, 1.807) is 11.6 Å². The number of fused-ring (bicyclic) bond motifs is 1. The van der Waals surface area contributed by atoms with E-state index in [2.05, 4.69) is 11.9 Å². The molecule has 13 heavy (non-hydrogen) atoms. The summed E-state index contributed by atoms with van der Waals surface area (Å²) < 4.78 is 0. The Morgan fingerprint density at radius 3 is 2.92 bits per heavy atom. The average molecular weight is 190 g/mol. The Labute approximate surface area is 82.9 Å². The van der Waals surface area contributed by atoms with Gasteiger partial charge in [0.1, 0.15) is 6.17 Å². The Morgan fingerprint density at radius 1 is 1.46 bits per heavy atom. The van der Waals surface area contributed by atoms with Crippen LogP contribution in [-0.4, -0.2) is 11.5 Å². The molecule has 0 fully saturated rings. The van der Waals surface area contributed by atoms with Gasteiger partial charge in [-0.1, -0.05) is 30.9 Å². The van der Waals surface area contributed by atoms with Crippen LogP contribution in [0.15, 0.2) is 37.0 Å². The zero-order valence-electron chi connectivity index (χ0n) is 7.10. The largest absolute Gasteiger partial charge is 0.359 e. The lowest BCUT2D eigenvalue weighted by Crippen LogP contribution is -2.31. The molecule has 0 aromatic heterocycles. The second-order valence-electron chi connectivity index (χ2n) is 2.83. The van der Waals surface area contributed by atoms with Crippen LogP contribution in [0.4, 0.5) is 11.4 Å². The minimum absolute atomic E-state index is 0.0601. The van der Waals surface area contributed by atoms with Gasteiger partial charge in [-0.3, -0.25) is 0 Å². The van der Waals surface area contributed by atoms with Gasteiger partial charge in [0, 0.05) is 5.37 Å². The van der Waals surface area contributed by atoms with Gasteiger partial charge in [0.15, 0.2) is 0 Å². The fourth-order valence-electron chi connectivity index (χ4n) is 1.51. The van der Waals surface area contributed by atoms with Gasteiger partial charge in [-0.05, 0) is 18.3 Å². The maximum Gasteiger partial charge on any atom is 0.133 e. The molecule has 2 nitrogen and oxygen atoms in total. The SMILES string of the molecule is C=CN1c2ccccc2NC1C=S. The van der Waals surface area contributed by atoms with Crippen molar-refractivity contribution in [2.75, 3.05) is 10.2 Å². The van der Waals surface area contributed by atoms with Crippen molar-refractivity contribution in [2.45, 2.75) is 6.17 Å². The van der Waals surface area contributed by atoms with Crippen LogP contribution in [0, 0.1) is 0 Å². The predicted octanol–water partition coefficient (Wildman–Crippen LogP) is 2.39. The molecule has 1 aliphatic rings. The molecule has 1 N–H and O–H groups in total. The molecule has 0 spiro atoms. The van der Waals surface area contributed by atoms with Crippen LogP contribution in [0.1, 0.15) is 0 Å². The number of nitrogens with one attached hydrogen (secondary N) is 1. The monoisotopic (exact) mass is 190 g/mol. The molecule has 0 saturated carbocycles. The second kappa shape index (κ2) is 3.18. The number of para-hydroxylation sites is 2. The summed E-state index contributed by atoms with van der Waals surface area (Å²) in [6.45, 7) is 3.76. The fourth-order valence-corrected chi connectivity index (χ4v) is 1.71. The predicted molar refractivity (Wildman–Crippen MR) is 60.2 cm³/mol. The maximum absolute atomic E-state index is 4.93. The first kappa shape index (κ1) is 8.26. The summed E-state index contributed by atoms with van der Waals surface area (Å²) >= 11 is 4.93. The normalized spacial score (nSPS) is 19.1. The Balaban J connectivity index is 2.45. The van der Waals surface area contributed by atoms with E-state index in [-0.39, 0.29) is 6.17 Å². The molecule has 2 rings (SSSR count). The van der Waals surface area contributed by atoms with E-state index < -0.39 is 0 Å². The Morgan fingerprint density at radius 2 is 2.23 bits per heavy atom. The smallest absolute Gasteiger partial charge is 0.133 e. The minimum Gasteiger partial charge on any atom is -0.359 e. The third kappa shape index (κ3) is 1.21. The highest BCUT2D eigenvalue weighted by molar-refractivity contribution is 7.79. The zero-order valence-corrected chi connectivity index (χ0v) is 7.92. The lowest BCUT2D eigenvalue weighted by Gasteiger charge is -2.18. The molecule has 0 radical (unpaired) electrons. The lowest BCUT2D eigenvalue weighted by atomic mass is 10.3. The molecule has 1 atom stereocenters. The number of rotatable bonds is 2. The summed E-state index contributed by atoms with van der Waals surface area (Å²) in [6, 6.07) is 8.08. The van der Waals surface area contributed by atoms with Crippen LogP contribution in [0.2, 0.25) is 0 Å². The number of hydrogen-bond donors (Lipinski definition) is 1. The van der Waals surface area contributed by atoms with Crippen LogP contribution < -0.4 is 10.2 Å². The molecule has 0 amide bonds. The van der Waals surface area contributed by atoms with Crippen molar-refractivity contribution in [3.63, 3.8) is 0 Å². The van der Waals surface area contributed by atoms with Gasteiger partial charge in [-0.15, -0.1) is 0 Å². The van der Waals surface area contributed by atoms with Gasteiger partial charge in [0.05, 0.1) is 11.4 Å². The molecule has 1 unspecified atom stereocenters. The van der Waals surface area contributed by atoms with E-state index in [4.69, 9.17) is 12.2 Å². The van der Waals surface area contributed by atoms with Crippen LogP contribution in [0.25, 0.3) is 0 Å². The highest BCUT2D eigenvalue weighted by Gasteiger charge is 2.23. The Kier molecular flexibility index (Phi) is 2.02. The van der Waals surface area contributed by atoms with Crippen molar-refractivity contribution in [1.82, 2.24) is 0 Å². The summed E-state index contributed by atoms with van der Waals surface area (Å²) in [5.74, 6) is 0. The average Bonchev–Trinajstić information content (AvgIpc) is 2.55. The summed E-state index contributed by atoms with van der Waals surface area (Å²) in [6.07, 6.45) is 1.84. The number of nitrogens with zero attached hydrogens (tertiary/aromatic N) is 1. The summed E-state index contributed by atoms with van der Waals surface area (Å²) in [5.41, 5.74) is 2.23. The van der Waals surface area contributed by atoms with Crippen LogP contribution in [-0.2, 0) is 0 Å². The van der Waals surface area contributed by atoms with E-state index in [9.17, 15) is 0 Å². The lowest BCUT2D eigenvalue weighted by molar-refractivity contribution is 0.992. The fraction of sp³-hybridized carbons (Fsp3) is 0.100. The van der Waals surface area contributed by atoms with E-state index in [0.29, 0.717) is 0 Å². The molecule has 1 aromatic rings. The van der Waals surface area contributed by atoms with E-state index in [0.717, 1.165) is 11.4 Å². The van der Waals surface area contributed by atoms with Crippen molar-refractivity contribution in [3.05, 3.63) is 37.0 Å². The van der Waals surface area contributed by atoms with Gasteiger partial charge in [-0.2, -0.15) is 0 Å². The third-order valence-corrected chi connectivity index (χ3v) is 2.37. The number of hydrogen-bond acceptors (Lipinski definition) is 3. The molecule has 1 heterocycles. The van der Waals surface area contributed by atoms with Gasteiger partial charge in [-0.25, -0.2) is 0 Å². The molecule has 66 valence electrons. The number of anilines is 2. The minimum atomic E-state index is 0.0601. The highest BCUT2D eigenvalue weighted by Crippen LogP contribution is 2.33. The number of thiocarbonyl (C=S) groups is 1. The molecule has 0 aliphatic carbocycles. The van der Waals surface area contributed by atoms with Gasteiger partial charge in [0.2, 0.25) is 0 Å².